The van der Waals surface area contributed by atoms with Crippen LogP contribution < -0.4 is 20.1 Å². The monoisotopic (exact) mass is 890 g/mol. The smallest absolute Gasteiger partial charge is 0.326 e. The van der Waals surface area contributed by atoms with Crippen LogP contribution in [0.1, 0.15) is 30.9 Å². The second-order valence-corrected chi connectivity index (χ2v) is 16.6. The molecular weight excluding hydrogens is 837 g/mol. The van der Waals surface area contributed by atoms with Crippen molar-refractivity contribution < 1.29 is 28.9 Å². The maximum absolute atomic E-state index is 13.8. The van der Waals surface area contributed by atoms with Gasteiger partial charge < -0.3 is 20.0 Å². The number of hydrogen-bond acceptors (Lipinski definition) is 13. The zero-order valence-electron chi connectivity index (χ0n) is 38.2. The number of fused-ring (bicyclic) bond motifs is 1. The van der Waals surface area contributed by atoms with Crippen LogP contribution in [0.25, 0.3) is 22.2 Å². The Morgan fingerprint density at radius 1 is 0.727 bits per heavy atom. The molecule has 7 rings (SSSR count). The van der Waals surface area contributed by atoms with Gasteiger partial charge in [0.15, 0.2) is 36.2 Å². The molecule has 4 heterocycles. The van der Waals surface area contributed by atoms with E-state index in [1.165, 1.54) is 9.47 Å². The summed E-state index contributed by atoms with van der Waals surface area (Å²) in [7, 11) is 7.77. The van der Waals surface area contributed by atoms with E-state index in [9.17, 15) is 24.6 Å². The van der Waals surface area contributed by atoms with Crippen molar-refractivity contribution in [3.8, 4) is 17.3 Å². The quantitative estimate of drug-likeness (QED) is 0.0289. The molecule has 1 aliphatic heterocycles. The molecule has 0 unspecified atom stereocenters. The van der Waals surface area contributed by atoms with Crippen LogP contribution in [0.5, 0.6) is 11.6 Å². The summed E-state index contributed by atoms with van der Waals surface area (Å²) < 4.78 is 4.80. The van der Waals surface area contributed by atoms with E-state index in [1.54, 1.807) is 83.9 Å². The number of anilines is 1. The Hall–Kier alpha value is -7.76. The maximum Gasteiger partial charge on any atom is 0.326 e. The van der Waals surface area contributed by atoms with E-state index in [2.05, 4.69) is 31.0 Å². The van der Waals surface area contributed by atoms with Crippen molar-refractivity contribution in [1.29, 1.82) is 0 Å². The standard InChI is InChI=1S/C49H52N12O5/c1-32-14-11-27-59(31-32)44-34(3)42(47(64)61(49(44)66)29-13-24-57(6)7)55-52-38-17-15-35-16-22-40(45(62)39(35)30-38)53-50-36-18-20-37(21-19-36)51-54-41-33(2)43(58-25-9-8-10-26-58)48(65)60(46(41)63)28-12-23-56(4)5/h8-11,14-22,25-27,30-31H,12-13,23-24,28-29H2,1-7H3,(H-2,50,51,52,53,54,55,62,63,64,65,66)/p+2. The van der Waals surface area contributed by atoms with E-state index in [0.29, 0.717) is 76.6 Å². The third-order valence-electron chi connectivity index (χ3n) is 11.0. The number of aryl methyl sites for hydroxylation is 1. The molecule has 2 aromatic carbocycles. The van der Waals surface area contributed by atoms with Gasteiger partial charge in [-0.2, -0.15) is 24.5 Å². The number of allylic oxidation sites excluding steroid dienone is 4. The van der Waals surface area contributed by atoms with Gasteiger partial charge in [-0.25, -0.2) is 0 Å². The third-order valence-corrected chi connectivity index (χ3v) is 11.0. The zero-order valence-corrected chi connectivity index (χ0v) is 38.2. The number of aromatic nitrogens is 3. The van der Waals surface area contributed by atoms with Gasteiger partial charge in [0.05, 0.1) is 33.9 Å². The Morgan fingerprint density at radius 3 is 2.09 bits per heavy atom. The summed E-state index contributed by atoms with van der Waals surface area (Å²) in [5.74, 6) is -1.11. The molecule has 338 valence electrons. The molecule has 3 N–H and O–H groups in total. The van der Waals surface area contributed by atoms with Gasteiger partial charge in [0.25, 0.3) is 28.7 Å². The number of pyridine rings is 3. The number of hydrazone groups is 1. The van der Waals surface area contributed by atoms with Crippen molar-refractivity contribution in [3.05, 3.63) is 137 Å². The van der Waals surface area contributed by atoms with E-state index in [-0.39, 0.29) is 42.0 Å². The Kier molecular flexibility index (Phi) is 14.3. The number of nitrogens with one attached hydrogen (secondary N) is 1. The molecule has 3 aromatic heterocycles. The Bertz CT molecular complexity index is 2960. The third kappa shape index (κ3) is 10.3. The van der Waals surface area contributed by atoms with Crippen molar-refractivity contribution in [2.24, 2.45) is 25.5 Å². The van der Waals surface area contributed by atoms with Gasteiger partial charge in [-0.3, -0.25) is 29.3 Å². The van der Waals surface area contributed by atoms with Gasteiger partial charge in [0.1, 0.15) is 5.75 Å². The van der Waals surface area contributed by atoms with E-state index in [1.807, 2.05) is 93.7 Å². The molecule has 17 nitrogen and oxygen atoms in total. The lowest BCUT2D eigenvalue weighted by atomic mass is 10.0. The second kappa shape index (κ2) is 20.4. The maximum atomic E-state index is 13.8. The molecule has 66 heavy (non-hydrogen) atoms. The highest BCUT2D eigenvalue weighted by Crippen LogP contribution is 2.36. The molecule has 0 spiro atoms. The van der Waals surface area contributed by atoms with E-state index in [4.69, 9.17) is 0 Å². The topological polar surface area (TPSA) is 188 Å². The first-order valence-electron chi connectivity index (χ1n) is 21.5. The van der Waals surface area contributed by atoms with Gasteiger partial charge >= 0.3 is 5.91 Å². The highest BCUT2D eigenvalue weighted by Gasteiger charge is 2.42. The summed E-state index contributed by atoms with van der Waals surface area (Å²) in [4.78, 5) is 46.4. The molecule has 0 saturated heterocycles. The number of imide groups is 1. The highest BCUT2D eigenvalue weighted by molar-refractivity contribution is 6.53. The van der Waals surface area contributed by atoms with E-state index >= 15 is 0 Å². The summed E-state index contributed by atoms with van der Waals surface area (Å²) in [6.07, 6.45) is 15.2. The van der Waals surface area contributed by atoms with Gasteiger partial charge in [-0.1, -0.05) is 18.2 Å². The number of benzene rings is 2. The molecule has 0 radical (unpaired) electrons. The van der Waals surface area contributed by atoms with Crippen LogP contribution in [0, 0.1) is 13.8 Å². The summed E-state index contributed by atoms with van der Waals surface area (Å²) in [6.45, 7) is 7.31. The van der Waals surface area contributed by atoms with Crippen molar-refractivity contribution in [2.75, 3.05) is 53.3 Å². The van der Waals surface area contributed by atoms with Crippen LogP contribution in [0.15, 0.2) is 146 Å². The van der Waals surface area contributed by atoms with Crippen LogP contribution in [-0.4, -0.2) is 106 Å². The molecule has 1 aliphatic carbocycles. The Morgan fingerprint density at radius 2 is 1.39 bits per heavy atom. The van der Waals surface area contributed by atoms with Gasteiger partial charge in [-0.05, 0) is 129 Å². The number of phenolic OH excluding ortho intramolecular Hbond substituents is 1. The van der Waals surface area contributed by atoms with E-state index < -0.39 is 11.5 Å². The largest absolute Gasteiger partial charge is 0.505 e. The van der Waals surface area contributed by atoms with Crippen LogP contribution in [0.4, 0.5) is 17.1 Å². The first kappa shape index (κ1) is 46.2. The number of carbonyl (C=O) groups is 2. The average molecular weight is 891 g/mol. The number of azo groups is 1. The van der Waals surface area contributed by atoms with Crippen LogP contribution in [-0.2, 0) is 16.1 Å². The zero-order chi connectivity index (χ0) is 47.1. The Balaban J connectivity index is 1.11. The molecule has 2 amide bonds. The molecule has 5 aromatic rings. The second-order valence-electron chi connectivity index (χ2n) is 16.6. The number of aromatic hydroxyl groups is 2. The average Bonchev–Trinajstić information content (AvgIpc) is 3.29. The first-order valence-corrected chi connectivity index (χ1v) is 21.5. The number of nitrogens with zero attached hydrogens (tertiary/aromatic N) is 11. The summed E-state index contributed by atoms with van der Waals surface area (Å²) in [6, 6.07) is 18.0. The normalized spacial score (nSPS) is 14.9. The Labute approximate surface area is 382 Å². The van der Waals surface area contributed by atoms with Crippen molar-refractivity contribution >= 4 is 62.5 Å². The first-order chi connectivity index (χ1) is 31.7. The van der Waals surface area contributed by atoms with Crippen LogP contribution >= 0.6 is 0 Å². The molecule has 0 saturated carbocycles. The minimum atomic E-state index is -0.503. The predicted molar refractivity (Wildman–Crippen MR) is 256 cm³/mol. The molecule has 17 heteroatoms. The number of amides is 2. The van der Waals surface area contributed by atoms with Crippen molar-refractivity contribution in [2.45, 2.75) is 40.2 Å². The van der Waals surface area contributed by atoms with Gasteiger partial charge in [0.2, 0.25) is 0 Å². The van der Waals surface area contributed by atoms with Crippen LogP contribution in [0.2, 0.25) is 0 Å². The predicted octanol–water partition coefficient (Wildman–Crippen LogP) is 5.90. The molecule has 0 bridgehead atoms. The lowest BCUT2D eigenvalue weighted by Gasteiger charge is -2.25. The molecule has 0 atom stereocenters. The van der Waals surface area contributed by atoms with Gasteiger partial charge in [-0.15, -0.1) is 10.2 Å². The molecular formula is C49H54N12O5+2. The molecule has 0 fully saturated rings. The minimum absolute atomic E-state index is 0.0687. The summed E-state index contributed by atoms with van der Waals surface area (Å²) in [5, 5.41) is 46.1. The highest BCUT2D eigenvalue weighted by atomic mass is 16.3. The van der Waals surface area contributed by atoms with Crippen LogP contribution in [0.3, 0.4) is 0 Å². The van der Waals surface area contributed by atoms with Gasteiger partial charge in [0, 0.05) is 42.2 Å². The summed E-state index contributed by atoms with van der Waals surface area (Å²) >= 11 is 0. The fourth-order valence-electron chi connectivity index (χ4n) is 7.58. The lowest BCUT2D eigenvalue weighted by molar-refractivity contribution is -0.597. The van der Waals surface area contributed by atoms with E-state index in [0.717, 1.165) is 10.9 Å². The SMILES string of the molecule is CC1=C([n+]2ccccc2)C(=O)N(CCCN(C)C)C(=O)C1=NN=C1C=CC(=NNc2ccc3ccc(N=Nc4c(C)c(-[n+]5cccc(C)c5)c(O)n(CCCN(C)C)c4=O)cc3c2O)C=C1. The lowest BCUT2D eigenvalue weighted by Crippen LogP contribution is -2.53. The van der Waals surface area contributed by atoms with Crippen molar-refractivity contribution in [3.63, 3.8) is 0 Å². The molecule has 2 aliphatic rings. The minimum Gasteiger partial charge on any atom is -0.505 e. The fraction of sp³-hybridized carbons (Fsp3) is 0.265. The van der Waals surface area contributed by atoms with Crippen molar-refractivity contribution in [1.82, 2.24) is 19.3 Å². The number of phenols is 1. The number of carbonyl (C=O) groups excluding carboxylic acids is 2. The number of rotatable bonds is 15. The number of hydrogen-bond donors (Lipinski definition) is 3. The fourth-order valence-corrected chi connectivity index (χ4v) is 7.58. The summed E-state index contributed by atoms with van der Waals surface area (Å²) in [5.41, 5.74) is 6.97.